The van der Waals surface area contributed by atoms with E-state index in [1.165, 1.54) is 15.6 Å². The number of nitrogens with one attached hydrogen (secondary N) is 1. The summed E-state index contributed by atoms with van der Waals surface area (Å²) in [7, 11) is -1.68. The lowest BCUT2D eigenvalue weighted by atomic mass is 10.0. The minimum absolute atomic E-state index is 0.403. The van der Waals surface area contributed by atoms with E-state index < -0.39 is 10.0 Å². The fourth-order valence-electron chi connectivity index (χ4n) is 2.39. The van der Waals surface area contributed by atoms with Crippen LogP contribution in [-0.4, -0.2) is 46.1 Å². The summed E-state index contributed by atoms with van der Waals surface area (Å²) < 4.78 is 32.4. The van der Waals surface area contributed by atoms with Gasteiger partial charge in [0.15, 0.2) is 0 Å². The molecule has 2 heterocycles. The molecule has 1 aliphatic heterocycles. The van der Waals surface area contributed by atoms with Crippen molar-refractivity contribution in [3.63, 3.8) is 0 Å². The standard InChI is InChI=1S/C14H24N2O3S2/c1-3-15-9-13-8-14(20-11-13)21(17,18)16(2)10-12-4-6-19-7-5-12/h8,11-12,15H,3-7,9-10H2,1-2H3. The van der Waals surface area contributed by atoms with E-state index in [4.69, 9.17) is 4.74 Å². The fourth-order valence-corrected chi connectivity index (χ4v) is 5.06. The summed E-state index contributed by atoms with van der Waals surface area (Å²) in [4.78, 5) is 0. The number of sulfonamides is 1. The van der Waals surface area contributed by atoms with Crippen molar-refractivity contribution in [1.29, 1.82) is 0 Å². The first-order chi connectivity index (χ1) is 10.0. The van der Waals surface area contributed by atoms with Gasteiger partial charge in [0.05, 0.1) is 0 Å². The molecule has 1 saturated heterocycles. The van der Waals surface area contributed by atoms with Crippen molar-refractivity contribution in [2.75, 3.05) is 33.4 Å². The minimum atomic E-state index is -3.36. The van der Waals surface area contributed by atoms with Gasteiger partial charge >= 0.3 is 0 Å². The van der Waals surface area contributed by atoms with Crippen molar-refractivity contribution in [3.05, 3.63) is 17.0 Å². The third-order valence-electron chi connectivity index (χ3n) is 3.73. The molecule has 0 aromatic carbocycles. The normalized spacial score (nSPS) is 17.5. The molecule has 0 atom stereocenters. The van der Waals surface area contributed by atoms with E-state index in [1.807, 2.05) is 12.3 Å². The first-order valence-corrected chi connectivity index (χ1v) is 9.68. The summed E-state index contributed by atoms with van der Waals surface area (Å²) in [6.45, 7) is 5.68. The molecule has 0 saturated carbocycles. The molecule has 0 amide bonds. The Bertz CT molecular complexity index is 536. The zero-order valence-corrected chi connectivity index (χ0v) is 14.3. The van der Waals surface area contributed by atoms with Gasteiger partial charge < -0.3 is 10.1 Å². The molecule has 0 spiro atoms. The summed E-state index contributed by atoms with van der Waals surface area (Å²) >= 11 is 1.30. The summed E-state index contributed by atoms with van der Waals surface area (Å²) in [5.41, 5.74) is 1.03. The van der Waals surface area contributed by atoms with E-state index >= 15 is 0 Å². The predicted molar refractivity (Wildman–Crippen MR) is 85.1 cm³/mol. The second-order valence-corrected chi connectivity index (χ2v) is 8.58. The summed E-state index contributed by atoms with van der Waals surface area (Å²) in [5.74, 6) is 0.403. The van der Waals surface area contributed by atoms with Gasteiger partial charge in [0.2, 0.25) is 0 Å². The van der Waals surface area contributed by atoms with Crippen LogP contribution in [0.25, 0.3) is 0 Å². The zero-order chi connectivity index (χ0) is 15.3. The van der Waals surface area contributed by atoms with Crippen molar-refractivity contribution >= 4 is 21.4 Å². The Kier molecular flexibility index (Phi) is 6.19. The number of nitrogens with zero attached hydrogens (tertiary/aromatic N) is 1. The molecule has 5 nitrogen and oxygen atoms in total. The maximum absolute atomic E-state index is 12.6. The van der Waals surface area contributed by atoms with Crippen molar-refractivity contribution in [2.45, 2.75) is 30.5 Å². The van der Waals surface area contributed by atoms with Crippen molar-refractivity contribution < 1.29 is 13.2 Å². The highest BCUT2D eigenvalue weighted by Crippen LogP contribution is 2.25. The molecular weight excluding hydrogens is 308 g/mol. The summed E-state index contributed by atoms with van der Waals surface area (Å²) in [6.07, 6.45) is 1.88. The average Bonchev–Trinajstić information content (AvgIpc) is 2.95. The summed E-state index contributed by atoms with van der Waals surface area (Å²) in [5, 5.41) is 5.12. The zero-order valence-electron chi connectivity index (χ0n) is 12.7. The minimum Gasteiger partial charge on any atom is -0.381 e. The molecule has 7 heteroatoms. The Labute approximate surface area is 131 Å². The van der Waals surface area contributed by atoms with Crippen LogP contribution in [0.1, 0.15) is 25.3 Å². The van der Waals surface area contributed by atoms with Gasteiger partial charge in [-0.3, -0.25) is 0 Å². The monoisotopic (exact) mass is 332 g/mol. The molecule has 1 N–H and O–H groups in total. The topological polar surface area (TPSA) is 58.6 Å². The largest absolute Gasteiger partial charge is 0.381 e. The maximum Gasteiger partial charge on any atom is 0.252 e. The first kappa shape index (κ1) is 16.9. The van der Waals surface area contributed by atoms with Crippen molar-refractivity contribution in [3.8, 4) is 0 Å². The van der Waals surface area contributed by atoms with Gasteiger partial charge in [-0.05, 0) is 42.3 Å². The van der Waals surface area contributed by atoms with E-state index in [0.29, 0.717) is 23.2 Å². The smallest absolute Gasteiger partial charge is 0.252 e. The van der Waals surface area contributed by atoms with E-state index in [2.05, 4.69) is 5.32 Å². The number of rotatable bonds is 7. The van der Waals surface area contributed by atoms with Crippen LogP contribution in [-0.2, 0) is 21.3 Å². The van der Waals surface area contributed by atoms with E-state index in [9.17, 15) is 8.42 Å². The third-order valence-corrected chi connectivity index (χ3v) is 7.02. The number of ether oxygens (including phenoxy) is 1. The lowest BCUT2D eigenvalue weighted by Gasteiger charge is -2.26. The first-order valence-electron chi connectivity index (χ1n) is 7.36. The van der Waals surface area contributed by atoms with Gasteiger partial charge in [0, 0.05) is 33.4 Å². The lowest BCUT2D eigenvalue weighted by molar-refractivity contribution is 0.0620. The second-order valence-electron chi connectivity index (χ2n) is 5.40. The Morgan fingerprint density at radius 1 is 1.43 bits per heavy atom. The van der Waals surface area contributed by atoms with Crippen LogP contribution in [0.2, 0.25) is 0 Å². The predicted octanol–water partition coefficient (Wildman–Crippen LogP) is 1.90. The third kappa shape index (κ3) is 4.50. The van der Waals surface area contributed by atoms with Crippen LogP contribution in [0.4, 0.5) is 0 Å². The van der Waals surface area contributed by atoms with Crippen LogP contribution in [0, 0.1) is 5.92 Å². The molecule has 1 aromatic rings. The number of hydrogen-bond donors (Lipinski definition) is 1. The van der Waals surface area contributed by atoms with Crippen LogP contribution in [0.5, 0.6) is 0 Å². The second kappa shape index (κ2) is 7.69. The lowest BCUT2D eigenvalue weighted by Crippen LogP contribution is -2.33. The highest BCUT2D eigenvalue weighted by molar-refractivity contribution is 7.91. The molecule has 1 fully saturated rings. The molecule has 0 bridgehead atoms. The number of thiophene rings is 1. The van der Waals surface area contributed by atoms with Gasteiger partial charge in [-0.1, -0.05) is 6.92 Å². The van der Waals surface area contributed by atoms with Crippen molar-refractivity contribution in [2.24, 2.45) is 5.92 Å². The summed E-state index contributed by atoms with van der Waals surface area (Å²) in [6, 6.07) is 1.78. The van der Waals surface area contributed by atoms with Crippen molar-refractivity contribution in [1.82, 2.24) is 9.62 Å². The molecule has 1 aromatic heterocycles. The molecule has 2 rings (SSSR count). The number of hydrogen-bond acceptors (Lipinski definition) is 5. The van der Waals surface area contributed by atoms with Crippen LogP contribution < -0.4 is 5.32 Å². The van der Waals surface area contributed by atoms with E-state index in [1.54, 1.807) is 13.1 Å². The molecule has 120 valence electrons. The average molecular weight is 332 g/mol. The molecule has 0 radical (unpaired) electrons. The Morgan fingerprint density at radius 3 is 2.81 bits per heavy atom. The molecule has 1 aliphatic rings. The van der Waals surface area contributed by atoms with E-state index in [0.717, 1.165) is 38.2 Å². The van der Waals surface area contributed by atoms with Gasteiger partial charge in [0.25, 0.3) is 10.0 Å². The Hall–Kier alpha value is -0.470. The van der Waals surface area contributed by atoms with Crippen LogP contribution in [0.3, 0.4) is 0 Å². The van der Waals surface area contributed by atoms with Gasteiger partial charge in [-0.15, -0.1) is 11.3 Å². The highest BCUT2D eigenvalue weighted by atomic mass is 32.2. The van der Waals surface area contributed by atoms with Gasteiger partial charge in [-0.2, -0.15) is 4.31 Å². The Morgan fingerprint density at radius 2 is 2.14 bits per heavy atom. The Balaban J connectivity index is 2.00. The van der Waals surface area contributed by atoms with E-state index in [-0.39, 0.29) is 0 Å². The molecular formula is C14H24N2O3S2. The molecule has 0 aliphatic carbocycles. The SMILES string of the molecule is CCNCc1csc(S(=O)(=O)N(C)CC2CCOCC2)c1. The highest BCUT2D eigenvalue weighted by Gasteiger charge is 2.26. The molecule has 21 heavy (non-hydrogen) atoms. The van der Waals surface area contributed by atoms with Gasteiger partial charge in [-0.25, -0.2) is 8.42 Å². The maximum atomic E-state index is 12.6. The quantitative estimate of drug-likeness (QED) is 0.828. The fraction of sp³-hybridized carbons (Fsp3) is 0.714. The van der Waals surface area contributed by atoms with Crippen LogP contribution in [0.15, 0.2) is 15.7 Å². The van der Waals surface area contributed by atoms with Crippen LogP contribution >= 0.6 is 11.3 Å². The molecule has 0 unspecified atom stereocenters. The van der Waals surface area contributed by atoms with Gasteiger partial charge in [0.1, 0.15) is 4.21 Å².